The van der Waals surface area contributed by atoms with Crippen LogP contribution < -0.4 is 39.5 Å². The number of carbonyl (C=O) groups excluding carboxylic acids is 3. The zero-order valence-corrected chi connectivity index (χ0v) is 57.1. The van der Waals surface area contributed by atoms with Gasteiger partial charge < -0.3 is 67.5 Å². The van der Waals surface area contributed by atoms with Gasteiger partial charge in [0.05, 0.1) is 56.6 Å². The zero-order valence-electron chi connectivity index (χ0n) is 57.1. The summed E-state index contributed by atoms with van der Waals surface area (Å²) in [5, 5.41) is 10.9. The number of methoxy groups -OCH3 is 2. The number of ether oxygens (including phenoxy) is 9. The van der Waals surface area contributed by atoms with Crippen molar-refractivity contribution in [2.45, 2.75) is 136 Å². The van der Waals surface area contributed by atoms with Crippen LogP contribution in [0.2, 0.25) is 0 Å². The van der Waals surface area contributed by atoms with Gasteiger partial charge in [-0.05, 0) is 207 Å². The van der Waals surface area contributed by atoms with Crippen molar-refractivity contribution in [3.8, 4) is 57.0 Å². The third-order valence-electron chi connectivity index (χ3n) is 17.4. The molecular formula is C76H86N6O16. The van der Waals surface area contributed by atoms with E-state index in [0.717, 1.165) is 85.1 Å². The average Bonchev–Trinajstić information content (AvgIpc) is 1.09. The molecular weight excluding hydrogens is 1250 g/mol. The Morgan fingerprint density at radius 3 is 1.32 bits per heavy atom. The summed E-state index contributed by atoms with van der Waals surface area (Å²) < 4.78 is 52.8. The highest BCUT2D eigenvalue weighted by atomic mass is 16.6. The molecule has 22 nitrogen and oxygen atoms in total. The highest BCUT2D eigenvalue weighted by molar-refractivity contribution is 5.96. The SMILES string of the molecule is CCOC(=O)c1cc2c(C3CCCN(C(=O)OC(C)(C)C)C3)cc(-c3c(OCc4ccc(OC)cc4)cccc3OCC3CC3)nc2[nH]c1=O.COc1ccc(COc2cccc(OCC3CC3)c2-c2cc(C3CCCN(C(=O)OC(C)(C)C)C3)c3cc(C(=O)O)c(=O)[nH]c3n2)cc1. The second-order valence-corrected chi connectivity index (χ2v) is 27.3. The number of nitrogens with zero attached hydrogens (tertiary/aromatic N) is 4. The number of aromatic carboxylic acids is 1. The Balaban J connectivity index is 0.000000199. The van der Waals surface area contributed by atoms with Crippen LogP contribution in [0.1, 0.15) is 155 Å². The first kappa shape index (κ1) is 69.2. The number of carboxylic acids is 1. The highest BCUT2D eigenvalue weighted by Gasteiger charge is 2.34. The maximum Gasteiger partial charge on any atom is 0.410 e. The Kier molecular flexibility index (Phi) is 21.3. The Morgan fingerprint density at radius 1 is 0.541 bits per heavy atom. The number of amides is 2. The third-order valence-corrected chi connectivity index (χ3v) is 17.4. The van der Waals surface area contributed by atoms with Gasteiger partial charge >= 0.3 is 24.1 Å². The van der Waals surface area contributed by atoms with Crippen LogP contribution >= 0.6 is 0 Å². The van der Waals surface area contributed by atoms with Crippen molar-refractivity contribution in [2.75, 3.05) is 60.2 Å². The van der Waals surface area contributed by atoms with Crippen LogP contribution in [0.15, 0.2) is 119 Å². The van der Waals surface area contributed by atoms with Crippen molar-refractivity contribution in [1.82, 2.24) is 29.7 Å². The van der Waals surface area contributed by atoms with Crippen molar-refractivity contribution in [3.05, 3.63) is 163 Å². The second kappa shape index (κ2) is 30.1. The molecule has 2 atom stereocenters. The van der Waals surface area contributed by atoms with Gasteiger partial charge in [0.15, 0.2) is 0 Å². The maximum atomic E-state index is 13.3. The number of fused-ring (bicyclic) bond motifs is 2. The summed E-state index contributed by atoms with van der Waals surface area (Å²) in [5.74, 6) is 2.44. The lowest BCUT2D eigenvalue weighted by atomic mass is 9.87. The molecule has 0 bridgehead atoms. The lowest BCUT2D eigenvalue weighted by molar-refractivity contribution is 0.0189. The van der Waals surface area contributed by atoms with Gasteiger partial charge in [0.1, 0.15) is 81.3 Å². The Hall–Kier alpha value is -10.1. The summed E-state index contributed by atoms with van der Waals surface area (Å²) in [6, 6.07) is 33.4. The van der Waals surface area contributed by atoms with Gasteiger partial charge in [0.25, 0.3) is 11.1 Å². The zero-order chi connectivity index (χ0) is 69.4. The average molecular weight is 1340 g/mol. The predicted molar refractivity (Wildman–Crippen MR) is 369 cm³/mol. The number of aromatic nitrogens is 4. The van der Waals surface area contributed by atoms with Crippen molar-refractivity contribution in [3.63, 3.8) is 0 Å². The topological polar surface area (TPSA) is 270 Å². The van der Waals surface area contributed by atoms with Crippen molar-refractivity contribution < 1.29 is 66.9 Å². The third kappa shape index (κ3) is 17.3. The fourth-order valence-electron chi connectivity index (χ4n) is 12.1. The molecule has 4 aromatic heterocycles. The fourth-order valence-corrected chi connectivity index (χ4v) is 12.1. The smallest absolute Gasteiger partial charge is 0.410 e. The number of rotatable bonds is 21. The van der Waals surface area contributed by atoms with Gasteiger partial charge in [-0.15, -0.1) is 0 Å². The first-order valence-electron chi connectivity index (χ1n) is 33.6. The van der Waals surface area contributed by atoms with E-state index in [2.05, 4.69) is 9.97 Å². The molecule has 98 heavy (non-hydrogen) atoms. The molecule has 2 aliphatic carbocycles. The Morgan fingerprint density at radius 2 is 0.939 bits per heavy atom. The molecule has 2 amide bonds. The second-order valence-electron chi connectivity index (χ2n) is 27.3. The lowest BCUT2D eigenvalue weighted by Crippen LogP contribution is -2.42. The molecule has 4 aliphatic rings. The minimum Gasteiger partial charge on any atom is -0.497 e. The van der Waals surface area contributed by atoms with Crippen LogP contribution in [0, 0.1) is 11.8 Å². The van der Waals surface area contributed by atoms with E-state index in [-0.39, 0.29) is 54.5 Å². The van der Waals surface area contributed by atoms with Crippen molar-refractivity contribution in [1.29, 1.82) is 0 Å². The lowest BCUT2D eigenvalue weighted by Gasteiger charge is -2.34. The number of pyridine rings is 4. The number of hydrogen-bond acceptors (Lipinski definition) is 17. The van der Waals surface area contributed by atoms with Gasteiger partial charge in [-0.3, -0.25) is 9.59 Å². The molecule has 22 heteroatoms. The number of carboxylic acid groups (broad SMARTS) is 1. The van der Waals surface area contributed by atoms with E-state index in [9.17, 15) is 33.9 Å². The van der Waals surface area contributed by atoms with E-state index < -0.39 is 40.4 Å². The van der Waals surface area contributed by atoms with E-state index in [1.165, 1.54) is 6.07 Å². The Bertz CT molecular complexity index is 4340. The maximum absolute atomic E-state index is 13.3. The molecule has 12 rings (SSSR count). The minimum atomic E-state index is -1.33. The number of H-pyrrole nitrogens is 2. The number of esters is 1. The quantitative estimate of drug-likeness (QED) is 0.0445. The van der Waals surface area contributed by atoms with E-state index in [0.29, 0.717) is 113 Å². The van der Waals surface area contributed by atoms with Crippen LogP contribution in [-0.4, -0.2) is 130 Å². The molecule has 4 aromatic carbocycles. The molecule has 0 radical (unpaired) electrons. The molecule has 2 saturated carbocycles. The molecule has 4 fully saturated rings. The predicted octanol–water partition coefficient (Wildman–Crippen LogP) is 14.0. The summed E-state index contributed by atoms with van der Waals surface area (Å²) in [6.07, 6.45) is 6.67. The number of carbonyl (C=O) groups is 4. The molecule has 516 valence electrons. The summed E-state index contributed by atoms with van der Waals surface area (Å²) in [5.41, 5.74) is 3.23. The monoisotopic (exact) mass is 1340 g/mol. The van der Waals surface area contributed by atoms with E-state index in [1.54, 1.807) is 37.0 Å². The first-order chi connectivity index (χ1) is 47.0. The number of benzene rings is 4. The fraction of sp³-hybridized carbons (Fsp3) is 0.421. The van der Waals surface area contributed by atoms with Crippen LogP contribution in [0.25, 0.3) is 44.6 Å². The van der Waals surface area contributed by atoms with Gasteiger partial charge in [0, 0.05) is 48.8 Å². The molecule has 8 aromatic rings. The van der Waals surface area contributed by atoms with Gasteiger partial charge in [0.2, 0.25) is 0 Å². The molecule has 2 aliphatic heterocycles. The molecule has 6 heterocycles. The molecule has 3 N–H and O–H groups in total. The molecule has 0 spiro atoms. The standard InChI is InChI=1S/C39H45N3O8.C37H41N3O8/c1-6-47-37(44)30-19-29-28(26-9-8-18-42(21-26)38(45)50-39(2,3)4)20-31(40-35(29)41-36(30)43)34-32(48-22-24-12-13-24)10-7-11-33(34)49-23-25-14-16-27(46-5)17-15-25;1-37(2,3)48-36(44)40-16-6-7-24(19-40)26-18-29(38-33-27(26)17-28(35(42)43)34(41)39-33)32-30(46-20-22-10-11-22)8-5-9-31(32)47-21-23-12-14-25(45-4)15-13-23/h7,10-11,14-17,19-20,24,26H,6,8-9,12-13,18,21-23H2,1-5H3,(H,40,41,43);5,8-9,12-15,17-18,22,24H,6-7,10-11,16,19-21H2,1-4H3,(H,42,43)(H,38,39,41). The number of nitrogens with one attached hydrogen (secondary N) is 2. The normalized spacial score (nSPS) is 16.3. The van der Waals surface area contributed by atoms with Crippen LogP contribution in [0.5, 0.6) is 34.5 Å². The summed E-state index contributed by atoms with van der Waals surface area (Å²) in [6.45, 7) is 16.4. The first-order valence-corrected chi connectivity index (χ1v) is 33.6. The Labute approximate surface area is 568 Å². The number of hydrogen-bond donors (Lipinski definition) is 3. The van der Waals surface area contributed by atoms with Gasteiger partial charge in [-0.2, -0.15) is 0 Å². The summed E-state index contributed by atoms with van der Waals surface area (Å²) >= 11 is 0. The molecule has 2 unspecified atom stereocenters. The van der Waals surface area contributed by atoms with Crippen molar-refractivity contribution >= 4 is 46.2 Å². The van der Waals surface area contributed by atoms with Crippen molar-refractivity contribution in [2.24, 2.45) is 11.8 Å². The minimum absolute atomic E-state index is 0.105. The number of piperidine rings is 2. The van der Waals surface area contributed by atoms with E-state index >= 15 is 0 Å². The van der Waals surface area contributed by atoms with Gasteiger partial charge in [-0.25, -0.2) is 29.1 Å². The van der Waals surface area contributed by atoms with Crippen LogP contribution in [-0.2, 0) is 27.4 Å². The van der Waals surface area contributed by atoms with E-state index in [1.807, 2.05) is 139 Å². The highest BCUT2D eigenvalue weighted by Crippen LogP contribution is 2.45. The van der Waals surface area contributed by atoms with Gasteiger partial charge in [-0.1, -0.05) is 36.4 Å². The number of likely N-dealkylation sites (tertiary alicyclic amines) is 2. The largest absolute Gasteiger partial charge is 0.497 e. The van der Waals surface area contributed by atoms with E-state index in [4.69, 9.17) is 52.6 Å². The molecule has 2 saturated heterocycles. The summed E-state index contributed by atoms with van der Waals surface area (Å²) in [7, 11) is 3.25. The van der Waals surface area contributed by atoms with Crippen LogP contribution in [0.3, 0.4) is 0 Å². The van der Waals surface area contributed by atoms with Crippen LogP contribution in [0.4, 0.5) is 9.59 Å². The summed E-state index contributed by atoms with van der Waals surface area (Å²) in [4.78, 5) is 96.1. The number of aromatic amines is 2.